The van der Waals surface area contributed by atoms with Crippen molar-refractivity contribution in [3.05, 3.63) is 77.9 Å². The fourth-order valence-electron chi connectivity index (χ4n) is 3.87. The highest BCUT2D eigenvalue weighted by Gasteiger charge is 2.33. The Bertz CT molecular complexity index is 968. The van der Waals surface area contributed by atoms with E-state index in [1.54, 1.807) is 23.3 Å². The first kappa shape index (κ1) is 21.1. The molecule has 0 radical (unpaired) electrons. The summed E-state index contributed by atoms with van der Waals surface area (Å²) in [5, 5.41) is 21.9. The van der Waals surface area contributed by atoms with Crippen LogP contribution >= 0.6 is 0 Å². The number of nitrogens with zero attached hydrogens (tertiary/aromatic N) is 5. The number of hydrogen-bond acceptors (Lipinski definition) is 6. The molecule has 1 aliphatic rings. The van der Waals surface area contributed by atoms with Crippen molar-refractivity contribution in [1.82, 2.24) is 30.2 Å². The summed E-state index contributed by atoms with van der Waals surface area (Å²) in [6, 6.07) is 14.2. The lowest BCUT2D eigenvalue weighted by molar-refractivity contribution is -0.0383. The Hall–Kier alpha value is -3.10. The molecule has 3 aromatic rings. The van der Waals surface area contributed by atoms with E-state index in [-0.39, 0.29) is 11.6 Å². The first-order chi connectivity index (χ1) is 15.1. The number of benzene rings is 1. The van der Waals surface area contributed by atoms with Crippen LogP contribution in [0.3, 0.4) is 0 Å². The van der Waals surface area contributed by atoms with Crippen LogP contribution in [0.1, 0.15) is 34.5 Å². The smallest absolute Gasteiger partial charge is 0.273 e. The van der Waals surface area contributed by atoms with Gasteiger partial charge in [0.2, 0.25) is 0 Å². The van der Waals surface area contributed by atoms with E-state index < -0.39 is 5.60 Å². The maximum atomic E-state index is 12.3. The Morgan fingerprint density at radius 2 is 1.81 bits per heavy atom. The SMILES string of the molecule is O=C(NCCc1ccncc1)c1cn(CC2(O)CCN(Cc3ccccc3)CC2)nn1. The third kappa shape index (κ3) is 5.96. The molecule has 4 rings (SSSR count). The fraction of sp³-hybridized carbons (Fsp3) is 0.391. The van der Waals surface area contributed by atoms with Crippen LogP contribution in [-0.2, 0) is 19.5 Å². The van der Waals surface area contributed by atoms with Crippen LogP contribution in [0.2, 0.25) is 0 Å². The molecule has 1 aromatic carbocycles. The molecule has 0 saturated carbocycles. The van der Waals surface area contributed by atoms with Crippen molar-refractivity contribution >= 4 is 5.91 Å². The lowest BCUT2D eigenvalue weighted by Gasteiger charge is -2.38. The number of nitrogens with one attached hydrogen (secondary N) is 1. The van der Waals surface area contributed by atoms with Crippen molar-refractivity contribution in [3.63, 3.8) is 0 Å². The Balaban J connectivity index is 1.24. The normalized spacial score (nSPS) is 16.2. The highest BCUT2D eigenvalue weighted by Crippen LogP contribution is 2.25. The standard InChI is InChI=1S/C23H28N6O2/c30-22(25-13-8-19-6-11-24-12-7-19)21-17-29(27-26-21)18-23(31)9-14-28(15-10-23)16-20-4-2-1-3-5-20/h1-7,11-12,17,31H,8-10,13-16,18H2,(H,25,30). The topological polar surface area (TPSA) is 96.2 Å². The maximum absolute atomic E-state index is 12.3. The highest BCUT2D eigenvalue weighted by molar-refractivity contribution is 5.91. The van der Waals surface area contributed by atoms with Crippen LogP contribution in [0.15, 0.2) is 61.1 Å². The van der Waals surface area contributed by atoms with Crippen LogP contribution in [0.5, 0.6) is 0 Å². The quantitative estimate of drug-likeness (QED) is 0.576. The Labute approximate surface area is 181 Å². The number of aromatic nitrogens is 4. The Morgan fingerprint density at radius 1 is 1.06 bits per heavy atom. The van der Waals surface area contributed by atoms with E-state index in [9.17, 15) is 9.90 Å². The van der Waals surface area contributed by atoms with E-state index in [0.29, 0.717) is 25.9 Å². The predicted molar refractivity (Wildman–Crippen MR) is 116 cm³/mol. The lowest BCUT2D eigenvalue weighted by Crippen LogP contribution is -2.46. The fourth-order valence-corrected chi connectivity index (χ4v) is 3.87. The van der Waals surface area contributed by atoms with E-state index in [2.05, 4.69) is 37.6 Å². The molecule has 162 valence electrons. The second-order valence-electron chi connectivity index (χ2n) is 8.15. The van der Waals surface area contributed by atoms with Gasteiger partial charge in [-0.25, -0.2) is 4.68 Å². The zero-order chi connectivity index (χ0) is 21.5. The van der Waals surface area contributed by atoms with Gasteiger partial charge in [-0.3, -0.25) is 14.7 Å². The molecule has 0 bridgehead atoms. The molecular formula is C23H28N6O2. The Kier molecular flexibility index (Phi) is 6.69. The summed E-state index contributed by atoms with van der Waals surface area (Å²) in [6.45, 7) is 3.38. The minimum Gasteiger partial charge on any atom is -0.388 e. The molecule has 2 aromatic heterocycles. The van der Waals surface area contributed by atoms with Gasteiger partial charge in [0.05, 0.1) is 18.3 Å². The number of aliphatic hydroxyl groups is 1. The summed E-state index contributed by atoms with van der Waals surface area (Å²) in [7, 11) is 0. The number of rotatable bonds is 8. The van der Waals surface area contributed by atoms with E-state index >= 15 is 0 Å². The zero-order valence-corrected chi connectivity index (χ0v) is 17.5. The minimum absolute atomic E-state index is 0.259. The third-order valence-corrected chi connectivity index (χ3v) is 5.71. The number of likely N-dealkylation sites (tertiary alicyclic amines) is 1. The van der Waals surface area contributed by atoms with E-state index in [0.717, 1.165) is 31.6 Å². The molecule has 0 unspecified atom stereocenters. The van der Waals surface area contributed by atoms with E-state index in [1.165, 1.54) is 5.56 Å². The van der Waals surface area contributed by atoms with Crippen LogP contribution < -0.4 is 5.32 Å². The molecule has 1 amide bonds. The van der Waals surface area contributed by atoms with E-state index in [4.69, 9.17) is 0 Å². The van der Waals surface area contributed by atoms with Gasteiger partial charge >= 0.3 is 0 Å². The molecular weight excluding hydrogens is 392 g/mol. The summed E-state index contributed by atoms with van der Waals surface area (Å²) in [5.74, 6) is -0.259. The Morgan fingerprint density at radius 3 is 2.55 bits per heavy atom. The van der Waals surface area contributed by atoms with Gasteiger partial charge in [0.15, 0.2) is 5.69 Å². The maximum Gasteiger partial charge on any atom is 0.273 e. The van der Waals surface area contributed by atoms with Crippen LogP contribution in [0.4, 0.5) is 0 Å². The molecule has 1 saturated heterocycles. The first-order valence-electron chi connectivity index (χ1n) is 10.7. The lowest BCUT2D eigenvalue weighted by atomic mass is 9.91. The van der Waals surface area contributed by atoms with Crippen LogP contribution in [0, 0.1) is 0 Å². The summed E-state index contributed by atoms with van der Waals surface area (Å²) in [6.07, 6.45) is 7.12. The van der Waals surface area contributed by atoms with Crippen molar-refractivity contribution in [3.8, 4) is 0 Å². The predicted octanol–water partition coefficient (Wildman–Crippen LogP) is 1.67. The average molecular weight is 421 g/mol. The van der Waals surface area contributed by atoms with Gasteiger partial charge < -0.3 is 10.4 Å². The number of pyridine rings is 1. The number of carbonyl (C=O) groups excluding carboxylic acids is 1. The first-order valence-corrected chi connectivity index (χ1v) is 10.7. The van der Waals surface area contributed by atoms with Gasteiger partial charge in [-0.2, -0.15) is 0 Å². The highest BCUT2D eigenvalue weighted by atomic mass is 16.3. The van der Waals surface area contributed by atoms with Gasteiger partial charge in [0.1, 0.15) is 0 Å². The van der Waals surface area contributed by atoms with Crippen LogP contribution in [-0.4, -0.2) is 61.1 Å². The summed E-state index contributed by atoms with van der Waals surface area (Å²) < 4.78 is 1.57. The molecule has 2 N–H and O–H groups in total. The third-order valence-electron chi connectivity index (χ3n) is 5.71. The molecule has 1 fully saturated rings. The largest absolute Gasteiger partial charge is 0.388 e. The van der Waals surface area contributed by atoms with Gasteiger partial charge in [0.25, 0.3) is 5.91 Å². The summed E-state index contributed by atoms with van der Waals surface area (Å²) in [5.41, 5.74) is 1.82. The summed E-state index contributed by atoms with van der Waals surface area (Å²) >= 11 is 0. The van der Waals surface area contributed by atoms with Gasteiger partial charge in [-0.05, 0) is 42.5 Å². The van der Waals surface area contributed by atoms with Gasteiger partial charge in [-0.1, -0.05) is 35.5 Å². The van der Waals surface area contributed by atoms with E-state index in [1.807, 2.05) is 30.3 Å². The molecule has 8 nitrogen and oxygen atoms in total. The van der Waals surface area contributed by atoms with Crippen molar-refractivity contribution in [2.45, 2.75) is 38.0 Å². The molecule has 3 heterocycles. The molecule has 0 atom stereocenters. The molecule has 31 heavy (non-hydrogen) atoms. The molecule has 1 aliphatic heterocycles. The second kappa shape index (κ2) is 9.80. The average Bonchev–Trinajstić information content (AvgIpc) is 3.25. The number of piperidine rings is 1. The molecule has 0 spiro atoms. The molecule has 0 aliphatic carbocycles. The van der Waals surface area contributed by atoms with Crippen molar-refractivity contribution in [1.29, 1.82) is 0 Å². The van der Waals surface area contributed by atoms with Gasteiger partial charge in [0, 0.05) is 38.6 Å². The summed E-state index contributed by atoms with van der Waals surface area (Å²) in [4.78, 5) is 18.7. The van der Waals surface area contributed by atoms with Crippen molar-refractivity contribution in [2.75, 3.05) is 19.6 Å². The zero-order valence-electron chi connectivity index (χ0n) is 17.5. The monoisotopic (exact) mass is 420 g/mol. The minimum atomic E-state index is -0.837. The number of carbonyl (C=O) groups is 1. The number of hydrogen-bond donors (Lipinski definition) is 2. The van der Waals surface area contributed by atoms with Crippen molar-refractivity contribution < 1.29 is 9.90 Å². The van der Waals surface area contributed by atoms with Gasteiger partial charge in [-0.15, -0.1) is 5.10 Å². The van der Waals surface area contributed by atoms with Crippen molar-refractivity contribution in [2.24, 2.45) is 0 Å². The molecule has 8 heteroatoms. The second-order valence-corrected chi connectivity index (χ2v) is 8.15. The van der Waals surface area contributed by atoms with Crippen LogP contribution in [0.25, 0.3) is 0 Å². The number of amides is 1.